The van der Waals surface area contributed by atoms with Gasteiger partial charge >= 0.3 is 0 Å². The van der Waals surface area contributed by atoms with Crippen molar-refractivity contribution in [3.8, 4) is 0 Å². The molecule has 0 fully saturated rings. The third-order valence-corrected chi connectivity index (χ3v) is 3.83. The number of hydrogen-bond acceptors (Lipinski definition) is 3. The molecule has 0 heterocycles. The van der Waals surface area contributed by atoms with E-state index in [1.54, 1.807) is 12.1 Å². The van der Waals surface area contributed by atoms with E-state index in [9.17, 15) is 10.1 Å². The lowest BCUT2D eigenvalue weighted by molar-refractivity contribution is -0.384. The van der Waals surface area contributed by atoms with Crippen LogP contribution in [0.4, 0.5) is 5.69 Å². The van der Waals surface area contributed by atoms with Gasteiger partial charge in [0.2, 0.25) is 0 Å². The lowest BCUT2D eigenvalue weighted by Crippen LogP contribution is -2.18. The van der Waals surface area contributed by atoms with E-state index < -0.39 is 0 Å². The minimum absolute atomic E-state index is 0.123. The SMILES string of the molecule is C[C@@H](NCc1cccc([N+](=O)[O-])c1)c1ccccc1Br. The fourth-order valence-electron chi connectivity index (χ4n) is 1.99. The Hall–Kier alpha value is -1.72. The fraction of sp³-hybridized carbons (Fsp3) is 0.200. The summed E-state index contributed by atoms with van der Waals surface area (Å²) in [5.74, 6) is 0. The number of halogens is 1. The molecule has 5 heteroatoms. The van der Waals surface area contributed by atoms with E-state index in [0.29, 0.717) is 6.54 Å². The van der Waals surface area contributed by atoms with Crippen molar-refractivity contribution in [1.29, 1.82) is 0 Å². The van der Waals surface area contributed by atoms with E-state index in [1.807, 2.05) is 24.3 Å². The zero-order chi connectivity index (χ0) is 14.5. The van der Waals surface area contributed by atoms with Crippen LogP contribution in [0.3, 0.4) is 0 Å². The van der Waals surface area contributed by atoms with Gasteiger partial charge in [-0.25, -0.2) is 0 Å². The molecule has 2 aromatic rings. The van der Waals surface area contributed by atoms with E-state index in [4.69, 9.17) is 0 Å². The van der Waals surface area contributed by atoms with Crippen LogP contribution in [0.15, 0.2) is 53.0 Å². The molecule has 0 aliphatic carbocycles. The second kappa shape index (κ2) is 6.63. The summed E-state index contributed by atoms with van der Waals surface area (Å²) in [6.45, 7) is 2.65. The summed E-state index contributed by atoms with van der Waals surface area (Å²) in [6, 6.07) is 14.9. The summed E-state index contributed by atoms with van der Waals surface area (Å²) in [5.41, 5.74) is 2.19. The summed E-state index contributed by atoms with van der Waals surface area (Å²) < 4.78 is 1.05. The van der Waals surface area contributed by atoms with Crippen LogP contribution in [0, 0.1) is 10.1 Å². The Morgan fingerprint density at radius 1 is 1.25 bits per heavy atom. The highest BCUT2D eigenvalue weighted by molar-refractivity contribution is 9.10. The highest BCUT2D eigenvalue weighted by atomic mass is 79.9. The molecule has 0 unspecified atom stereocenters. The van der Waals surface area contributed by atoms with Crippen LogP contribution < -0.4 is 5.32 Å². The number of rotatable bonds is 5. The molecule has 2 rings (SSSR count). The molecule has 0 saturated carbocycles. The Morgan fingerprint density at radius 3 is 2.70 bits per heavy atom. The largest absolute Gasteiger partial charge is 0.306 e. The molecule has 1 N–H and O–H groups in total. The minimum Gasteiger partial charge on any atom is -0.306 e. The van der Waals surface area contributed by atoms with Crippen LogP contribution in [0.5, 0.6) is 0 Å². The molecule has 0 bridgehead atoms. The second-order valence-corrected chi connectivity index (χ2v) is 5.41. The zero-order valence-corrected chi connectivity index (χ0v) is 12.6. The maximum absolute atomic E-state index is 10.7. The molecule has 20 heavy (non-hydrogen) atoms. The fourth-order valence-corrected chi connectivity index (χ4v) is 2.62. The molecule has 0 aromatic heterocycles. The minimum atomic E-state index is -0.374. The van der Waals surface area contributed by atoms with Gasteiger partial charge in [-0.05, 0) is 24.1 Å². The van der Waals surface area contributed by atoms with Crippen molar-refractivity contribution in [2.45, 2.75) is 19.5 Å². The van der Waals surface area contributed by atoms with Gasteiger partial charge in [0, 0.05) is 29.2 Å². The molecule has 104 valence electrons. The Kier molecular flexibility index (Phi) is 4.87. The van der Waals surface area contributed by atoms with Gasteiger partial charge in [0.05, 0.1) is 4.92 Å². The van der Waals surface area contributed by atoms with Gasteiger partial charge in [0.25, 0.3) is 5.69 Å². The first-order chi connectivity index (χ1) is 9.58. The number of hydrogen-bond donors (Lipinski definition) is 1. The van der Waals surface area contributed by atoms with Gasteiger partial charge in [0.15, 0.2) is 0 Å². The molecule has 0 aliphatic heterocycles. The van der Waals surface area contributed by atoms with Crippen LogP contribution in [0.2, 0.25) is 0 Å². The monoisotopic (exact) mass is 334 g/mol. The van der Waals surface area contributed by atoms with E-state index in [0.717, 1.165) is 15.6 Å². The highest BCUT2D eigenvalue weighted by Gasteiger charge is 2.09. The van der Waals surface area contributed by atoms with Crippen molar-refractivity contribution in [1.82, 2.24) is 5.32 Å². The van der Waals surface area contributed by atoms with Crippen LogP contribution in [-0.4, -0.2) is 4.92 Å². The maximum Gasteiger partial charge on any atom is 0.269 e. The van der Waals surface area contributed by atoms with E-state index in [-0.39, 0.29) is 16.7 Å². The first-order valence-corrected chi connectivity index (χ1v) is 7.08. The van der Waals surface area contributed by atoms with E-state index in [2.05, 4.69) is 34.2 Å². The topological polar surface area (TPSA) is 55.2 Å². The Labute approximate surface area is 126 Å². The number of nitro groups is 1. The number of nitro benzene ring substituents is 1. The number of benzene rings is 2. The smallest absolute Gasteiger partial charge is 0.269 e. The van der Waals surface area contributed by atoms with Gasteiger partial charge in [-0.2, -0.15) is 0 Å². The van der Waals surface area contributed by atoms with Crippen LogP contribution >= 0.6 is 15.9 Å². The molecule has 0 spiro atoms. The standard InChI is InChI=1S/C15H15BrN2O2/c1-11(14-7-2-3-8-15(14)16)17-10-12-5-4-6-13(9-12)18(19)20/h2-9,11,17H,10H2,1H3/t11-/m1/s1. The Bertz CT molecular complexity index is 616. The van der Waals surface area contributed by atoms with Crippen molar-refractivity contribution in [3.05, 3.63) is 74.2 Å². The Morgan fingerprint density at radius 2 is 2.00 bits per heavy atom. The quantitative estimate of drug-likeness (QED) is 0.658. The average Bonchev–Trinajstić information content (AvgIpc) is 2.45. The van der Waals surface area contributed by atoms with Crippen molar-refractivity contribution in [2.75, 3.05) is 0 Å². The third-order valence-electron chi connectivity index (χ3n) is 3.11. The highest BCUT2D eigenvalue weighted by Crippen LogP contribution is 2.23. The molecular formula is C15H15BrN2O2. The summed E-state index contributed by atoms with van der Waals surface area (Å²) in [4.78, 5) is 10.4. The van der Waals surface area contributed by atoms with Gasteiger partial charge in [0.1, 0.15) is 0 Å². The molecule has 0 radical (unpaired) electrons. The molecular weight excluding hydrogens is 320 g/mol. The molecule has 4 nitrogen and oxygen atoms in total. The van der Waals surface area contributed by atoms with Crippen molar-refractivity contribution >= 4 is 21.6 Å². The first kappa shape index (κ1) is 14.7. The van der Waals surface area contributed by atoms with Gasteiger partial charge < -0.3 is 5.32 Å². The number of non-ortho nitro benzene ring substituents is 1. The van der Waals surface area contributed by atoms with E-state index in [1.165, 1.54) is 6.07 Å². The van der Waals surface area contributed by atoms with Crippen LogP contribution in [-0.2, 0) is 6.54 Å². The predicted octanol–water partition coefficient (Wildman–Crippen LogP) is 4.21. The Balaban J connectivity index is 2.04. The maximum atomic E-state index is 10.7. The average molecular weight is 335 g/mol. The van der Waals surface area contributed by atoms with E-state index >= 15 is 0 Å². The molecule has 0 amide bonds. The van der Waals surface area contributed by atoms with Crippen molar-refractivity contribution in [2.24, 2.45) is 0 Å². The lowest BCUT2D eigenvalue weighted by Gasteiger charge is -2.15. The molecule has 1 atom stereocenters. The lowest BCUT2D eigenvalue weighted by atomic mass is 10.1. The van der Waals surface area contributed by atoms with Crippen LogP contribution in [0.1, 0.15) is 24.1 Å². The summed E-state index contributed by atoms with van der Waals surface area (Å²) in [7, 11) is 0. The van der Waals surface area contributed by atoms with Gasteiger partial charge in [-0.1, -0.05) is 46.3 Å². The predicted molar refractivity (Wildman–Crippen MR) is 82.5 cm³/mol. The summed E-state index contributed by atoms with van der Waals surface area (Å²) in [6.07, 6.45) is 0. The first-order valence-electron chi connectivity index (χ1n) is 6.29. The van der Waals surface area contributed by atoms with Crippen LogP contribution in [0.25, 0.3) is 0 Å². The van der Waals surface area contributed by atoms with Gasteiger partial charge in [-0.3, -0.25) is 10.1 Å². The third kappa shape index (κ3) is 3.65. The zero-order valence-electron chi connectivity index (χ0n) is 11.0. The van der Waals surface area contributed by atoms with Crippen molar-refractivity contribution in [3.63, 3.8) is 0 Å². The van der Waals surface area contributed by atoms with Gasteiger partial charge in [-0.15, -0.1) is 0 Å². The summed E-state index contributed by atoms with van der Waals surface area (Å²) >= 11 is 3.52. The molecule has 0 aliphatic rings. The normalized spacial score (nSPS) is 12.1. The van der Waals surface area contributed by atoms with Crippen molar-refractivity contribution < 1.29 is 4.92 Å². The number of nitrogens with zero attached hydrogens (tertiary/aromatic N) is 1. The second-order valence-electron chi connectivity index (χ2n) is 4.55. The number of nitrogens with one attached hydrogen (secondary N) is 1. The summed E-state index contributed by atoms with van der Waals surface area (Å²) in [5, 5.41) is 14.1. The molecule has 0 saturated heterocycles. The molecule has 2 aromatic carbocycles.